The Bertz CT molecular complexity index is 581. The summed E-state index contributed by atoms with van der Waals surface area (Å²) in [6, 6.07) is 15.0. The van der Waals surface area contributed by atoms with Gasteiger partial charge in [-0.3, -0.25) is 4.79 Å². The molecule has 0 bridgehead atoms. The number of carbonyl (C=O) groups is 1. The first kappa shape index (κ1) is 23.3. The van der Waals surface area contributed by atoms with Crippen LogP contribution in [0, 0.1) is 0 Å². The molecule has 2 aromatic rings. The number of Topliss-reactive ketones (excluding diaryl/α,β-unsaturated/α-hetero) is 1. The SMILES string of the molecule is C.C.CC(=O)c1ccccc1Br.C[C@@H](O)c1ccccc1Br. The predicted molar refractivity (Wildman–Crippen MR) is 102 cm³/mol. The molecular formula is C18H24Br2O2. The van der Waals surface area contributed by atoms with Gasteiger partial charge >= 0.3 is 0 Å². The molecule has 2 aromatic carbocycles. The fourth-order valence-electron chi connectivity index (χ4n) is 1.56. The van der Waals surface area contributed by atoms with Gasteiger partial charge in [-0.2, -0.15) is 0 Å². The van der Waals surface area contributed by atoms with E-state index in [0.717, 1.165) is 20.1 Å². The van der Waals surface area contributed by atoms with E-state index in [2.05, 4.69) is 31.9 Å². The smallest absolute Gasteiger partial charge is 0.160 e. The van der Waals surface area contributed by atoms with Gasteiger partial charge in [-0.1, -0.05) is 83.1 Å². The summed E-state index contributed by atoms with van der Waals surface area (Å²) < 4.78 is 1.83. The second kappa shape index (κ2) is 11.6. The molecule has 0 radical (unpaired) electrons. The number of carbonyl (C=O) groups excluding carboxylic acids is 1. The Labute approximate surface area is 150 Å². The second-order valence-corrected chi connectivity index (χ2v) is 5.94. The molecule has 0 aliphatic rings. The normalized spacial score (nSPS) is 10.2. The van der Waals surface area contributed by atoms with Crippen LogP contribution in [0.3, 0.4) is 0 Å². The maximum atomic E-state index is 10.8. The number of aliphatic hydroxyl groups is 1. The topological polar surface area (TPSA) is 37.3 Å². The van der Waals surface area contributed by atoms with Crippen LogP contribution in [0.2, 0.25) is 0 Å². The summed E-state index contributed by atoms with van der Waals surface area (Å²) in [5.41, 5.74) is 1.67. The average molecular weight is 432 g/mol. The van der Waals surface area contributed by atoms with Crippen LogP contribution in [0.1, 0.15) is 50.7 Å². The Balaban J connectivity index is 0. The number of benzene rings is 2. The maximum Gasteiger partial charge on any atom is 0.160 e. The van der Waals surface area contributed by atoms with Crippen molar-refractivity contribution < 1.29 is 9.90 Å². The second-order valence-electron chi connectivity index (χ2n) is 4.23. The van der Waals surface area contributed by atoms with E-state index in [4.69, 9.17) is 0 Å². The number of ketones is 1. The summed E-state index contributed by atoms with van der Waals surface area (Å²) in [6.07, 6.45) is -0.393. The minimum Gasteiger partial charge on any atom is -0.389 e. The third kappa shape index (κ3) is 7.34. The van der Waals surface area contributed by atoms with Crippen molar-refractivity contribution >= 4 is 37.6 Å². The van der Waals surface area contributed by atoms with Crippen LogP contribution in [0.15, 0.2) is 57.5 Å². The Morgan fingerprint density at radius 3 is 1.73 bits per heavy atom. The number of hydrogen-bond acceptors (Lipinski definition) is 2. The molecule has 0 saturated carbocycles. The number of halogens is 2. The highest BCUT2D eigenvalue weighted by molar-refractivity contribution is 9.10. The molecule has 0 spiro atoms. The largest absolute Gasteiger partial charge is 0.389 e. The molecule has 0 amide bonds. The van der Waals surface area contributed by atoms with Crippen LogP contribution < -0.4 is 0 Å². The summed E-state index contributed by atoms with van der Waals surface area (Å²) in [4.78, 5) is 10.8. The van der Waals surface area contributed by atoms with Gasteiger partial charge in [0.25, 0.3) is 0 Å². The molecular weight excluding hydrogens is 408 g/mol. The third-order valence-corrected chi connectivity index (χ3v) is 4.02. The van der Waals surface area contributed by atoms with Gasteiger partial charge in [0.1, 0.15) is 0 Å². The van der Waals surface area contributed by atoms with Crippen LogP contribution in [0.5, 0.6) is 0 Å². The fraction of sp³-hybridized carbons (Fsp3) is 0.278. The summed E-state index contributed by atoms with van der Waals surface area (Å²) in [5.74, 6) is 0.0903. The minimum absolute atomic E-state index is 0. The molecule has 0 fully saturated rings. The van der Waals surface area contributed by atoms with Gasteiger partial charge in [-0.25, -0.2) is 0 Å². The van der Waals surface area contributed by atoms with Crippen LogP contribution >= 0.6 is 31.9 Å². The first-order chi connectivity index (χ1) is 9.43. The van der Waals surface area contributed by atoms with E-state index in [9.17, 15) is 9.90 Å². The van der Waals surface area contributed by atoms with Crippen LogP contribution in [0.4, 0.5) is 0 Å². The molecule has 22 heavy (non-hydrogen) atoms. The van der Waals surface area contributed by atoms with E-state index in [0.29, 0.717) is 0 Å². The van der Waals surface area contributed by atoms with E-state index >= 15 is 0 Å². The molecule has 1 N–H and O–H groups in total. The van der Waals surface area contributed by atoms with E-state index < -0.39 is 6.10 Å². The summed E-state index contributed by atoms with van der Waals surface area (Å²) in [5, 5.41) is 9.17. The molecule has 0 aliphatic heterocycles. The predicted octanol–water partition coefficient (Wildman–Crippen LogP) is 6.43. The van der Waals surface area contributed by atoms with Gasteiger partial charge in [-0.05, 0) is 31.5 Å². The molecule has 0 aliphatic carbocycles. The zero-order chi connectivity index (χ0) is 15.1. The van der Waals surface area contributed by atoms with Crippen molar-refractivity contribution in [3.8, 4) is 0 Å². The highest BCUT2D eigenvalue weighted by atomic mass is 79.9. The van der Waals surface area contributed by atoms with Gasteiger partial charge in [0.2, 0.25) is 0 Å². The number of rotatable bonds is 2. The fourth-order valence-corrected chi connectivity index (χ4v) is 2.74. The summed E-state index contributed by atoms with van der Waals surface area (Å²) in [7, 11) is 0. The first-order valence-corrected chi connectivity index (χ1v) is 7.70. The van der Waals surface area contributed by atoms with Gasteiger partial charge in [-0.15, -0.1) is 0 Å². The lowest BCUT2D eigenvalue weighted by atomic mass is 10.1. The molecule has 0 saturated heterocycles. The van der Waals surface area contributed by atoms with Crippen LogP contribution in [0.25, 0.3) is 0 Å². The van der Waals surface area contributed by atoms with Crippen molar-refractivity contribution in [1.29, 1.82) is 0 Å². The lowest BCUT2D eigenvalue weighted by molar-refractivity contribution is 0.101. The lowest BCUT2D eigenvalue weighted by Gasteiger charge is -2.05. The third-order valence-electron chi connectivity index (χ3n) is 2.61. The molecule has 1 atom stereocenters. The van der Waals surface area contributed by atoms with Gasteiger partial charge in [0.15, 0.2) is 5.78 Å². The van der Waals surface area contributed by atoms with E-state index in [1.54, 1.807) is 19.9 Å². The zero-order valence-electron chi connectivity index (χ0n) is 11.3. The molecule has 0 unspecified atom stereocenters. The van der Waals surface area contributed by atoms with Gasteiger partial charge < -0.3 is 5.11 Å². The van der Waals surface area contributed by atoms with Crippen molar-refractivity contribution in [3.63, 3.8) is 0 Å². The van der Waals surface area contributed by atoms with E-state index in [1.165, 1.54) is 0 Å². The van der Waals surface area contributed by atoms with Gasteiger partial charge in [0.05, 0.1) is 6.10 Å². The summed E-state index contributed by atoms with van der Waals surface area (Å²) in [6.45, 7) is 3.31. The van der Waals surface area contributed by atoms with E-state index in [1.807, 2.05) is 42.5 Å². The molecule has 2 rings (SSSR count). The van der Waals surface area contributed by atoms with Crippen molar-refractivity contribution in [2.24, 2.45) is 0 Å². The van der Waals surface area contributed by atoms with Crippen molar-refractivity contribution in [2.75, 3.05) is 0 Å². The molecule has 122 valence electrons. The number of aliphatic hydroxyl groups excluding tert-OH is 1. The van der Waals surface area contributed by atoms with Gasteiger partial charge in [0, 0.05) is 14.5 Å². The highest BCUT2D eigenvalue weighted by Crippen LogP contribution is 2.21. The minimum atomic E-state index is -0.393. The molecule has 0 heterocycles. The standard InChI is InChI=1S/C8H9BrO.C8H7BrO.2CH4/c2*1-6(10)7-4-2-3-5-8(7)9;;/h2-6,10H,1H3;2-5H,1H3;2*1H4/t6-;;;/m1.../s1. The Morgan fingerprint density at radius 2 is 1.41 bits per heavy atom. The zero-order valence-corrected chi connectivity index (χ0v) is 14.5. The molecule has 0 aromatic heterocycles. The maximum absolute atomic E-state index is 10.8. The number of hydrogen-bond donors (Lipinski definition) is 1. The average Bonchev–Trinajstić information content (AvgIpc) is 2.40. The summed E-state index contributed by atoms with van der Waals surface area (Å²) >= 11 is 6.61. The molecule has 4 heteroatoms. The Kier molecular flexibility index (Phi) is 12.3. The van der Waals surface area contributed by atoms with Crippen molar-refractivity contribution in [3.05, 3.63) is 68.6 Å². The van der Waals surface area contributed by atoms with Crippen LogP contribution in [-0.2, 0) is 0 Å². The first-order valence-electron chi connectivity index (χ1n) is 6.11. The molecule has 2 nitrogen and oxygen atoms in total. The Morgan fingerprint density at radius 1 is 0.955 bits per heavy atom. The lowest BCUT2D eigenvalue weighted by Crippen LogP contribution is -1.91. The Hall–Kier alpha value is -0.970. The monoisotopic (exact) mass is 430 g/mol. The van der Waals surface area contributed by atoms with Crippen LogP contribution in [-0.4, -0.2) is 10.9 Å². The van der Waals surface area contributed by atoms with Crippen molar-refractivity contribution in [1.82, 2.24) is 0 Å². The van der Waals surface area contributed by atoms with E-state index in [-0.39, 0.29) is 20.6 Å². The van der Waals surface area contributed by atoms with Crippen molar-refractivity contribution in [2.45, 2.75) is 34.8 Å². The highest BCUT2D eigenvalue weighted by Gasteiger charge is 2.02. The quantitative estimate of drug-likeness (QED) is 0.556.